The van der Waals surface area contributed by atoms with E-state index in [1.807, 2.05) is 0 Å². The normalized spacial score (nSPS) is 10.0. The van der Waals surface area contributed by atoms with Crippen molar-refractivity contribution < 1.29 is 14.3 Å². The number of anilines is 1. The Balaban J connectivity index is 2.29. The molecule has 0 radical (unpaired) electrons. The second-order valence-electron chi connectivity index (χ2n) is 3.93. The van der Waals surface area contributed by atoms with E-state index < -0.39 is 0 Å². The molecule has 0 spiro atoms. The maximum atomic E-state index is 11.6. The number of rotatable bonds is 7. The van der Waals surface area contributed by atoms with Crippen molar-refractivity contribution in [3.8, 4) is 0 Å². The zero-order chi connectivity index (χ0) is 14.1. The SMILES string of the molecule is COCCCNC(=O)CC(=O)Nc1cccc(Cl)c1. The van der Waals surface area contributed by atoms with Crippen LogP contribution >= 0.6 is 11.6 Å². The van der Waals surface area contributed by atoms with Gasteiger partial charge >= 0.3 is 0 Å². The van der Waals surface area contributed by atoms with Crippen LogP contribution in [0.4, 0.5) is 5.69 Å². The Labute approximate surface area is 117 Å². The molecule has 1 aromatic carbocycles. The highest BCUT2D eigenvalue weighted by molar-refractivity contribution is 6.30. The Kier molecular flexibility index (Phi) is 6.92. The summed E-state index contributed by atoms with van der Waals surface area (Å²) in [5, 5.41) is 5.78. The van der Waals surface area contributed by atoms with Crippen LogP contribution in [-0.4, -0.2) is 32.1 Å². The van der Waals surface area contributed by atoms with Gasteiger partial charge in [0.25, 0.3) is 0 Å². The summed E-state index contributed by atoms with van der Waals surface area (Å²) in [7, 11) is 1.60. The predicted molar refractivity (Wildman–Crippen MR) is 74.2 cm³/mol. The molecule has 0 aromatic heterocycles. The van der Waals surface area contributed by atoms with E-state index in [0.29, 0.717) is 23.9 Å². The number of benzene rings is 1. The maximum Gasteiger partial charge on any atom is 0.233 e. The Morgan fingerprint density at radius 3 is 2.79 bits per heavy atom. The molecule has 2 amide bonds. The summed E-state index contributed by atoms with van der Waals surface area (Å²) in [5.41, 5.74) is 0.574. The fourth-order valence-electron chi connectivity index (χ4n) is 1.42. The van der Waals surface area contributed by atoms with Gasteiger partial charge in [-0.25, -0.2) is 0 Å². The van der Waals surface area contributed by atoms with E-state index in [4.69, 9.17) is 16.3 Å². The van der Waals surface area contributed by atoms with Gasteiger partial charge in [-0.2, -0.15) is 0 Å². The number of methoxy groups -OCH3 is 1. The molecule has 6 heteroatoms. The average molecular weight is 285 g/mol. The molecule has 5 nitrogen and oxygen atoms in total. The summed E-state index contributed by atoms with van der Waals surface area (Å²) >= 11 is 5.79. The van der Waals surface area contributed by atoms with Gasteiger partial charge in [0.1, 0.15) is 6.42 Å². The molecule has 0 fully saturated rings. The number of ether oxygens (including phenoxy) is 1. The monoisotopic (exact) mass is 284 g/mol. The third kappa shape index (κ3) is 6.79. The summed E-state index contributed by atoms with van der Waals surface area (Å²) < 4.78 is 4.85. The van der Waals surface area contributed by atoms with Crippen LogP contribution in [0.15, 0.2) is 24.3 Å². The summed E-state index contributed by atoms with van der Waals surface area (Å²) in [6.07, 6.45) is 0.512. The lowest BCUT2D eigenvalue weighted by Gasteiger charge is -2.06. The number of halogens is 1. The minimum Gasteiger partial charge on any atom is -0.385 e. The fourth-order valence-corrected chi connectivity index (χ4v) is 1.61. The largest absolute Gasteiger partial charge is 0.385 e. The highest BCUT2D eigenvalue weighted by Gasteiger charge is 2.09. The first-order valence-corrected chi connectivity index (χ1v) is 6.30. The van der Waals surface area contributed by atoms with Crippen molar-refractivity contribution in [1.29, 1.82) is 0 Å². The van der Waals surface area contributed by atoms with Crippen molar-refractivity contribution in [1.82, 2.24) is 5.32 Å². The molecule has 19 heavy (non-hydrogen) atoms. The highest BCUT2D eigenvalue weighted by Crippen LogP contribution is 2.14. The minimum absolute atomic E-state index is 0.209. The van der Waals surface area contributed by atoms with Crippen molar-refractivity contribution in [3.63, 3.8) is 0 Å². The van der Waals surface area contributed by atoms with Crippen LogP contribution in [0.1, 0.15) is 12.8 Å². The molecule has 0 unspecified atom stereocenters. The first kappa shape index (κ1) is 15.5. The molecule has 1 aromatic rings. The Morgan fingerprint density at radius 1 is 1.32 bits per heavy atom. The predicted octanol–water partition coefficient (Wildman–Crippen LogP) is 1.82. The van der Waals surface area contributed by atoms with E-state index >= 15 is 0 Å². The van der Waals surface area contributed by atoms with Crippen molar-refractivity contribution in [2.24, 2.45) is 0 Å². The van der Waals surface area contributed by atoms with E-state index in [0.717, 1.165) is 6.42 Å². The lowest BCUT2D eigenvalue weighted by Crippen LogP contribution is -2.29. The first-order chi connectivity index (χ1) is 9.11. The second kappa shape index (κ2) is 8.50. The number of carbonyl (C=O) groups excluding carboxylic acids is 2. The van der Waals surface area contributed by atoms with Gasteiger partial charge in [0.2, 0.25) is 11.8 Å². The maximum absolute atomic E-state index is 11.6. The van der Waals surface area contributed by atoms with Gasteiger partial charge in [-0.1, -0.05) is 17.7 Å². The molecule has 1 rings (SSSR count). The summed E-state index contributed by atoms with van der Waals surface area (Å²) in [5.74, 6) is -0.679. The molecule has 0 atom stereocenters. The van der Waals surface area contributed by atoms with Crippen molar-refractivity contribution in [2.75, 3.05) is 25.6 Å². The van der Waals surface area contributed by atoms with Crippen LogP contribution in [-0.2, 0) is 14.3 Å². The lowest BCUT2D eigenvalue weighted by atomic mass is 10.3. The van der Waals surface area contributed by atoms with Crippen molar-refractivity contribution in [3.05, 3.63) is 29.3 Å². The van der Waals surface area contributed by atoms with Crippen LogP contribution in [0, 0.1) is 0 Å². The van der Waals surface area contributed by atoms with E-state index in [2.05, 4.69) is 10.6 Å². The zero-order valence-corrected chi connectivity index (χ0v) is 11.5. The van der Waals surface area contributed by atoms with Crippen LogP contribution < -0.4 is 10.6 Å². The van der Waals surface area contributed by atoms with Crippen molar-refractivity contribution in [2.45, 2.75) is 12.8 Å². The fraction of sp³-hybridized carbons (Fsp3) is 0.385. The topological polar surface area (TPSA) is 67.4 Å². The highest BCUT2D eigenvalue weighted by atomic mass is 35.5. The molecule has 2 N–H and O–H groups in total. The van der Waals surface area contributed by atoms with E-state index in [-0.39, 0.29) is 18.2 Å². The first-order valence-electron chi connectivity index (χ1n) is 5.93. The molecule has 0 saturated heterocycles. The van der Waals surface area contributed by atoms with E-state index in [1.165, 1.54) is 0 Å². The number of hydrogen-bond acceptors (Lipinski definition) is 3. The summed E-state index contributed by atoms with van der Waals surface area (Å²) in [6, 6.07) is 6.76. The molecular weight excluding hydrogens is 268 g/mol. The molecule has 0 aliphatic rings. The van der Waals surface area contributed by atoms with Gasteiger partial charge in [-0.3, -0.25) is 9.59 Å². The van der Waals surface area contributed by atoms with Gasteiger partial charge < -0.3 is 15.4 Å². The lowest BCUT2D eigenvalue weighted by molar-refractivity contribution is -0.126. The molecule has 0 heterocycles. The smallest absolute Gasteiger partial charge is 0.233 e. The molecule has 0 aliphatic heterocycles. The van der Waals surface area contributed by atoms with Crippen LogP contribution in [0.25, 0.3) is 0 Å². The minimum atomic E-state index is -0.369. The molecular formula is C13H17ClN2O3. The summed E-state index contributed by atoms with van der Waals surface area (Å²) in [4.78, 5) is 23.0. The molecule has 0 bridgehead atoms. The van der Waals surface area contributed by atoms with Gasteiger partial charge in [-0.05, 0) is 24.6 Å². The van der Waals surface area contributed by atoms with Crippen molar-refractivity contribution >= 4 is 29.1 Å². The Bertz CT molecular complexity index is 438. The quantitative estimate of drug-likeness (QED) is 0.593. The van der Waals surface area contributed by atoms with Gasteiger partial charge in [0.05, 0.1) is 0 Å². The van der Waals surface area contributed by atoms with Crippen LogP contribution in [0.3, 0.4) is 0 Å². The van der Waals surface area contributed by atoms with Gasteiger partial charge in [0, 0.05) is 31.0 Å². The second-order valence-corrected chi connectivity index (χ2v) is 4.37. The third-order valence-electron chi connectivity index (χ3n) is 2.28. The molecule has 104 valence electrons. The molecule has 0 aliphatic carbocycles. The third-order valence-corrected chi connectivity index (χ3v) is 2.51. The molecule has 0 saturated carbocycles. The van der Waals surface area contributed by atoms with E-state index in [1.54, 1.807) is 31.4 Å². The van der Waals surface area contributed by atoms with Crippen LogP contribution in [0.5, 0.6) is 0 Å². The van der Waals surface area contributed by atoms with Crippen LogP contribution in [0.2, 0.25) is 5.02 Å². The van der Waals surface area contributed by atoms with Gasteiger partial charge in [0.15, 0.2) is 0 Å². The Hall–Kier alpha value is -1.59. The average Bonchev–Trinajstić information content (AvgIpc) is 2.34. The standard InChI is InChI=1S/C13H17ClN2O3/c1-19-7-3-6-15-12(17)9-13(18)16-11-5-2-4-10(14)8-11/h2,4-5,8H,3,6-7,9H2,1H3,(H,15,17)(H,16,18). The van der Waals surface area contributed by atoms with Gasteiger partial charge in [-0.15, -0.1) is 0 Å². The number of nitrogens with one attached hydrogen (secondary N) is 2. The zero-order valence-electron chi connectivity index (χ0n) is 10.7. The van der Waals surface area contributed by atoms with E-state index in [9.17, 15) is 9.59 Å². The Morgan fingerprint density at radius 2 is 2.11 bits per heavy atom. The number of carbonyl (C=O) groups is 2. The summed E-state index contributed by atoms with van der Waals surface area (Å²) in [6.45, 7) is 1.08. The number of amides is 2. The number of hydrogen-bond donors (Lipinski definition) is 2.